The van der Waals surface area contributed by atoms with Crippen molar-refractivity contribution in [3.05, 3.63) is 35.9 Å². The highest BCUT2D eigenvalue weighted by Crippen LogP contribution is 2.37. The second-order valence-electron chi connectivity index (χ2n) is 5.53. The minimum Gasteiger partial charge on any atom is -0.384 e. The smallest absolute Gasteiger partial charge is 0.0577 e. The Kier molecular flexibility index (Phi) is 6.20. The number of rotatable bonds is 6. The molecule has 0 aliphatic heterocycles. The van der Waals surface area contributed by atoms with Gasteiger partial charge < -0.3 is 10.5 Å². The molecule has 4 unspecified atom stereocenters. The molecule has 2 rings (SSSR count). The fourth-order valence-electron chi connectivity index (χ4n) is 3.13. The van der Waals surface area contributed by atoms with Crippen LogP contribution in [0.4, 0.5) is 0 Å². The molecule has 1 aliphatic rings. The van der Waals surface area contributed by atoms with Crippen LogP contribution >= 0.6 is 0 Å². The van der Waals surface area contributed by atoms with Crippen molar-refractivity contribution < 1.29 is 8.95 Å². The number of hydrogen-bond donors (Lipinski definition) is 1. The molecule has 3 nitrogen and oxygen atoms in total. The zero-order valence-corrected chi connectivity index (χ0v) is 13.0. The first-order valence-corrected chi connectivity index (χ1v) is 8.75. The lowest BCUT2D eigenvalue weighted by atomic mass is 9.78. The summed E-state index contributed by atoms with van der Waals surface area (Å²) in [6.45, 7) is 1.21. The van der Waals surface area contributed by atoms with E-state index in [1.54, 1.807) is 7.11 Å². The Morgan fingerprint density at radius 3 is 2.70 bits per heavy atom. The van der Waals surface area contributed by atoms with Gasteiger partial charge in [-0.3, -0.25) is 4.21 Å². The highest BCUT2D eigenvalue weighted by molar-refractivity contribution is 7.85. The van der Waals surface area contributed by atoms with E-state index in [1.807, 2.05) is 6.07 Å². The van der Waals surface area contributed by atoms with E-state index in [-0.39, 0.29) is 5.25 Å². The van der Waals surface area contributed by atoms with E-state index in [0.29, 0.717) is 30.7 Å². The molecule has 1 aliphatic carbocycles. The largest absolute Gasteiger partial charge is 0.384 e. The standard InChI is InChI=1S/C16H25NO2S/c1-19-9-10-20(18)16-11-14(7-8-15(16)12-17)13-5-3-2-4-6-13/h2-6,14-16H,7-12,17H2,1H3. The van der Waals surface area contributed by atoms with Gasteiger partial charge in [0.15, 0.2) is 0 Å². The summed E-state index contributed by atoms with van der Waals surface area (Å²) in [5.41, 5.74) is 7.25. The van der Waals surface area contributed by atoms with Gasteiger partial charge in [-0.25, -0.2) is 0 Å². The van der Waals surface area contributed by atoms with Crippen molar-refractivity contribution in [3.8, 4) is 0 Å². The van der Waals surface area contributed by atoms with Gasteiger partial charge in [-0.05, 0) is 43.2 Å². The topological polar surface area (TPSA) is 52.3 Å². The van der Waals surface area contributed by atoms with Crippen molar-refractivity contribution in [2.24, 2.45) is 11.7 Å². The van der Waals surface area contributed by atoms with Crippen molar-refractivity contribution in [3.63, 3.8) is 0 Å². The quantitative estimate of drug-likeness (QED) is 0.876. The average Bonchev–Trinajstić information content (AvgIpc) is 2.52. The number of benzene rings is 1. The molecule has 4 heteroatoms. The molecule has 1 saturated carbocycles. The number of hydrogen-bond acceptors (Lipinski definition) is 3. The molecule has 1 aromatic rings. The van der Waals surface area contributed by atoms with E-state index >= 15 is 0 Å². The van der Waals surface area contributed by atoms with Crippen LogP contribution in [0.5, 0.6) is 0 Å². The van der Waals surface area contributed by atoms with Crippen LogP contribution in [0.1, 0.15) is 30.7 Å². The summed E-state index contributed by atoms with van der Waals surface area (Å²) >= 11 is 0. The van der Waals surface area contributed by atoms with Crippen molar-refractivity contribution in [2.45, 2.75) is 30.4 Å². The second-order valence-corrected chi connectivity index (χ2v) is 7.31. The van der Waals surface area contributed by atoms with Gasteiger partial charge in [-0.1, -0.05) is 30.3 Å². The number of nitrogens with two attached hydrogens (primary N) is 1. The zero-order valence-electron chi connectivity index (χ0n) is 12.2. The van der Waals surface area contributed by atoms with Gasteiger partial charge in [0, 0.05) is 28.9 Å². The Balaban J connectivity index is 2.05. The van der Waals surface area contributed by atoms with E-state index in [9.17, 15) is 4.21 Å². The van der Waals surface area contributed by atoms with Gasteiger partial charge in [-0.15, -0.1) is 0 Å². The Labute approximate surface area is 124 Å². The molecule has 2 N–H and O–H groups in total. The molecule has 1 aromatic carbocycles. The lowest BCUT2D eigenvalue weighted by molar-refractivity contribution is 0.217. The zero-order chi connectivity index (χ0) is 14.4. The molecule has 112 valence electrons. The first kappa shape index (κ1) is 15.7. The summed E-state index contributed by atoms with van der Waals surface area (Å²) in [5, 5.41) is 0.217. The molecule has 0 radical (unpaired) electrons. The van der Waals surface area contributed by atoms with Gasteiger partial charge >= 0.3 is 0 Å². The third kappa shape index (κ3) is 3.90. The molecule has 20 heavy (non-hydrogen) atoms. The molecule has 0 amide bonds. The van der Waals surface area contributed by atoms with E-state index in [4.69, 9.17) is 10.5 Å². The van der Waals surface area contributed by atoms with Crippen molar-refractivity contribution in [1.82, 2.24) is 0 Å². The van der Waals surface area contributed by atoms with Crippen LogP contribution in [-0.4, -0.2) is 35.5 Å². The summed E-state index contributed by atoms with van der Waals surface area (Å²) < 4.78 is 17.5. The maximum absolute atomic E-state index is 12.5. The molecule has 4 atom stereocenters. The van der Waals surface area contributed by atoms with Gasteiger partial charge in [0.1, 0.15) is 0 Å². The summed E-state index contributed by atoms with van der Waals surface area (Å²) in [6, 6.07) is 10.6. The molecular weight excluding hydrogens is 270 g/mol. The van der Waals surface area contributed by atoms with Gasteiger partial charge in [0.2, 0.25) is 0 Å². The SMILES string of the molecule is COCCS(=O)C1CC(c2ccccc2)CCC1CN. The van der Waals surface area contributed by atoms with E-state index in [2.05, 4.69) is 24.3 Å². The summed E-state index contributed by atoms with van der Waals surface area (Å²) in [4.78, 5) is 0. The molecule has 0 bridgehead atoms. The third-order valence-electron chi connectivity index (χ3n) is 4.33. The van der Waals surface area contributed by atoms with Crippen LogP contribution < -0.4 is 5.73 Å². The van der Waals surface area contributed by atoms with Crippen molar-refractivity contribution >= 4 is 10.8 Å². The van der Waals surface area contributed by atoms with Crippen LogP contribution in [0.3, 0.4) is 0 Å². The molecule has 0 saturated heterocycles. The van der Waals surface area contributed by atoms with Gasteiger partial charge in [-0.2, -0.15) is 0 Å². The fraction of sp³-hybridized carbons (Fsp3) is 0.625. The minimum absolute atomic E-state index is 0.217. The molecule has 0 spiro atoms. The van der Waals surface area contributed by atoms with Crippen LogP contribution in [0.25, 0.3) is 0 Å². The lowest BCUT2D eigenvalue weighted by Crippen LogP contribution is -2.38. The molecule has 0 heterocycles. The van der Waals surface area contributed by atoms with Crippen LogP contribution in [0.15, 0.2) is 30.3 Å². The van der Waals surface area contributed by atoms with E-state index in [0.717, 1.165) is 19.3 Å². The van der Waals surface area contributed by atoms with Crippen LogP contribution in [-0.2, 0) is 15.5 Å². The van der Waals surface area contributed by atoms with Gasteiger partial charge in [0.05, 0.1) is 6.61 Å². The maximum atomic E-state index is 12.5. The summed E-state index contributed by atoms with van der Waals surface area (Å²) in [6.07, 6.45) is 3.23. The van der Waals surface area contributed by atoms with Gasteiger partial charge in [0.25, 0.3) is 0 Å². The predicted molar refractivity (Wildman–Crippen MR) is 84.3 cm³/mol. The van der Waals surface area contributed by atoms with E-state index in [1.165, 1.54) is 5.56 Å². The fourth-order valence-corrected chi connectivity index (χ4v) is 4.89. The normalized spacial score (nSPS) is 28.2. The first-order chi connectivity index (χ1) is 9.76. The van der Waals surface area contributed by atoms with Crippen LogP contribution in [0.2, 0.25) is 0 Å². The second kappa shape index (κ2) is 7.91. The van der Waals surface area contributed by atoms with Crippen LogP contribution in [0, 0.1) is 5.92 Å². The lowest BCUT2D eigenvalue weighted by Gasteiger charge is -2.35. The van der Waals surface area contributed by atoms with Crippen molar-refractivity contribution in [1.29, 1.82) is 0 Å². The Bertz CT molecular complexity index is 424. The Morgan fingerprint density at radius 2 is 2.05 bits per heavy atom. The van der Waals surface area contributed by atoms with Crippen molar-refractivity contribution in [2.75, 3.05) is 26.0 Å². The predicted octanol–water partition coefficient (Wildman–Crippen LogP) is 2.29. The summed E-state index contributed by atoms with van der Waals surface area (Å²) in [5.74, 6) is 1.54. The number of methoxy groups -OCH3 is 1. The maximum Gasteiger partial charge on any atom is 0.0577 e. The van der Waals surface area contributed by atoms with E-state index < -0.39 is 10.8 Å². The monoisotopic (exact) mass is 295 g/mol. The number of ether oxygens (including phenoxy) is 1. The highest BCUT2D eigenvalue weighted by atomic mass is 32.2. The highest BCUT2D eigenvalue weighted by Gasteiger charge is 2.33. The molecule has 0 aromatic heterocycles. The Morgan fingerprint density at radius 1 is 1.30 bits per heavy atom. The first-order valence-electron chi connectivity index (χ1n) is 7.37. The molecule has 1 fully saturated rings. The minimum atomic E-state index is -0.836. The third-order valence-corrected chi connectivity index (χ3v) is 6.15. The average molecular weight is 295 g/mol. The molecular formula is C16H25NO2S. The Hall–Kier alpha value is -0.710. The summed E-state index contributed by atoms with van der Waals surface area (Å²) in [7, 11) is 0.822.